The number of pyridine rings is 1. The topological polar surface area (TPSA) is 60.9 Å². The van der Waals surface area contributed by atoms with Crippen LogP contribution in [0.4, 0.5) is 4.79 Å². The zero-order valence-corrected chi connectivity index (χ0v) is 17.2. The van der Waals surface area contributed by atoms with Crippen molar-refractivity contribution in [2.24, 2.45) is 0 Å². The molecule has 1 aromatic heterocycles. The fraction of sp³-hybridized carbons (Fsp3) is 0.455. The van der Waals surface area contributed by atoms with E-state index < -0.39 is 5.60 Å². The van der Waals surface area contributed by atoms with E-state index in [0.717, 1.165) is 28.9 Å². The molecule has 150 valence electrons. The van der Waals surface area contributed by atoms with Crippen molar-refractivity contribution >= 4 is 6.09 Å². The van der Waals surface area contributed by atoms with Crippen molar-refractivity contribution < 1.29 is 19.0 Å². The van der Waals surface area contributed by atoms with Crippen LogP contribution < -0.4 is 9.47 Å². The predicted octanol–water partition coefficient (Wildman–Crippen LogP) is 4.49. The summed E-state index contributed by atoms with van der Waals surface area (Å²) in [7, 11) is 3.38. The van der Waals surface area contributed by atoms with Crippen LogP contribution in [0.2, 0.25) is 0 Å². The molecule has 1 aliphatic heterocycles. The summed E-state index contributed by atoms with van der Waals surface area (Å²) in [6.07, 6.45) is 2.27. The van der Waals surface area contributed by atoms with Crippen LogP contribution in [0.5, 0.6) is 11.6 Å². The predicted molar refractivity (Wildman–Crippen MR) is 108 cm³/mol. The molecule has 0 radical (unpaired) electrons. The Labute approximate surface area is 166 Å². The molecule has 0 saturated carbocycles. The molecule has 2 aromatic rings. The molecule has 2 heterocycles. The minimum atomic E-state index is -0.507. The summed E-state index contributed by atoms with van der Waals surface area (Å²) in [5.74, 6) is 1.61. The standard InChI is InChI=1S/C22H28N2O4/c1-22(2,3)28-21(25)24(4)14-16-10-12-27-20-17(7-6-8-18(16)20)15-9-11-23-19(13-15)26-5/h6-9,11,13,16H,10,12,14H2,1-5H3. The quantitative estimate of drug-likeness (QED) is 0.777. The summed E-state index contributed by atoms with van der Waals surface area (Å²) in [4.78, 5) is 18.2. The number of rotatable bonds is 4. The Morgan fingerprint density at radius 1 is 1.32 bits per heavy atom. The van der Waals surface area contributed by atoms with E-state index in [4.69, 9.17) is 14.2 Å². The lowest BCUT2D eigenvalue weighted by Gasteiger charge is -2.31. The zero-order valence-electron chi connectivity index (χ0n) is 17.2. The Kier molecular flexibility index (Phi) is 5.77. The molecule has 1 aromatic carbocycles. The number of hydrogen-bond acceptors (Lipinski definition) is 5. The molecular formula is C22H28N2O4. The highest BCUT2D eigenvalue weighted by Gasteiger charge is 2.28. The monoisotopic (exact) mass is 384 g/mol. The molecule has 1 amide bonds. The summed E-state index contributed by atoms with van der Waals surface area (Å²) in [5, 5.41) is 0. The van der Waals surface area contributed by atoms with Gasteiger partial charge in [-0.25, -0.2) is 9.78 Å². The average Bonchev–Trinajstić information content (AvgIpc) is 2.66. The first-order valence-electron chi connectivity index (χ1n) is 9.48. The van der Waals surface area contributed by atoms with Crippen molar-refractivity contribution in [1.82, 2.24) is 9.88 Å². The van der Waals surface area contributed by atoms with E-state index in [1.807, 2.05) is 45.0 Å². The van der Waals surface area contributed by atoms with Crippen LogP contribution in [-0.4, -0.2) is 48.9 Å². The van der Waals surface area contributed by atoms with Crippen LogP contribution >= 0.6 is 0 Å². The van der Waals surface area contributed by atoms with Crippen LogP contribution in [0.1, 0.15) is 38.7 Å². The molecule has 1 unspecified atom stereocenters. The Morgan fingerprint density at radius 2 is 2.11 bits per heavy atom. The molecule has 6 nitrogen and oxygen atoms in total. The van der Waals surface area contributed by atoms with Gasteiger partial charge in [-0.1, -0.05) is 18.2 Å². The molecule has 1 aliphatic rings. The van der Waals surface area contributed by atoms with Crippen molar-refractivity contribution in [2.45, 2.75) is 38.7 Å². The van der Waals surface area contributed by atoms with E-state index in [1.165, 1.54) is 0 Å². The van der Waals surface area contributed by atoms with Gasteiger partial charge in [0.05, 0.1) is 13.7 Å². The maximum absolute atomic E-state index is 12.4. The molecule has 28 heavy (non-hydrogen) atoms. The van der Waals surface area contributed by atoms with Gasteiger partial charge in [0.25, 0.3) is 0 Å². The fourth-order valence-electron chi connectivity index (χ4n) is 3.35. The minimum absolute atomic E-state index is 0.185. The van der Waals surface area contributed by atoms with Crippen LogP contribution in [-0.2, 0) is 4.74 Å². The second kappa shape index (κ2) is 8.09. The molecule has 3 rings (SSSR count). The first kappa shape index (κ1) is 20.0. The van der Waals surface area contributed by atoms with Gasteiger partial charge in [-0.3, -0.25) is 0 Å². The third kappa shape index (κ3) is 4.55. The number of carbonyl (C=O) groups is 1. The highest BCUT2D eigenvalue weighted by atomic mass is 16.6. The van der Waals surface area contributed by atoms with Gasteiger partial charge in [0.1, 0.15) is 11.4 Å². The molecule has 1 atom stereocenters. The number of carbonyl (C=O) groups excluding carboxylic acids is 1. The van der Waals surface area contributed by atoms with E-state index in [1.54, 1.807) is 25.3 Å². The van der Waals surface area contributed by atoms with E-state index in [0.29, 0.717) is 19.0 Å². The maximum atomic E-state index is 12.4. The van der Waals surface area contributed by atoms with Crippen LogP contribution in [0.3, 0.4) is 0 Å². The van der Waals surface area contributed by atoms with Gasteiger partial charge in [-0.15, -0.1) is 0 Å². The van der Waals surface area contributed by atoms with Crippen molar-refractivity contribution in [2.75, 3.05) is 27.3 Å². The first-order valence-corrected chi connectivity index (χ1v) is 9.48. The number of amides is 1. The number of benzene rings is 1. The van der Waals surface area contributed by atoms with Gasteiger partial charge in [-0.2, -0.15) is 0 Å². The smallest absolute Gasteiger partial charge is 0.410 e. The molecule has 0 saturated heterocycles. The Bertz CT molecular complexity index is 845. The van der Waals surface area contributed by atoms with Crippen molar-refractivity contribution in [3.8, 4) is 22.8 Å². The summed E-state index contributed by atoms with van der Waals surface area (Å²) in [6, 6.07) is 9.97. The van der Waals surface area contributed by atoms with Gasteiger partial charge in [0, 0.05) is 37.3 Å². The number of likely N-dealkylation sites (N-methyl/N-ethyl adjacent to an activating group) is 1. The molecular weight excluding hydrogens is 356 g/mol. The van der Waals surface area contributed by atoms with Gasteiger partial charge >= 0.3 is 6.09 Å². The number of ether oxygens (including phenoxy) is 3. The van der Waals surface area contributed by atoms with Crippen molar-refractivity contribution in [3.63, 3.8) is 0 Å². The van der Waals surface area contributed by atoms with Crippen LogP contribution in [0.15, 0.2) is 36.5 Å². The van der Waals surface area contributed by atoms with Crippen molar-refractivity contribution in [3.05, 3.63) is 42.1 Å². The van der Waals surface area contributed by atoms with Gasteiger partial charge in [0.15, 0.2) is 0 Å². The summed E-state index contributed by atoms with van der Waals surface area (Å²) in [6.45, 7) is 6.81. The maximum Gasteiger partial charge on any atom is 0.410 e. The number of nitrogens with zero attached hydrogens (tertiary/aromatic N) is 2. The third-order valence-electron chi connectivity index (χ3n) is 4.65. The Morgan fingerprint density at radius 3 is 2.82 bits per heavy atom. The first-order chi connectivity index (χ1) is 13.3. The van der Waals surface area contributed by atoms with Gasteiger partial charge in [0.2, 0.25) is 5.88 Å². The number of fused-ring (bicyclic) bond motifs is 1. The minimum Gasteiger partial charge on any atom is -0.493 e. The lowest BCUT2D eigenvalue weighted by Crippen LogP contribution is -2.37. The highest BCUT2D eigenvalue weighted by molar-refractivity contribution is 5.73. The van der Waals surface area contributed by atoms with Crippen LogP contribution in [0.25, 0.3) is 11.1 Å². The van der Waals surface area contributed by atoms with Gasteiger partial charge < -0.3 is 19.1 Å². The zero-order chi connectivity index (χ0) is 20.3. The number of aromatic nitrogens is 1. The van der Waals surface area contributed by atoms with E-state index in [2.05, 4.69) is 11.1 Å². The Hall–Kier alpha value is -2.76. The SMILES string of the molecule is COc1cc(-c2cccc3c2OCCC3CN(C)C(=O)OC(C)(C)C)ccn1. The second-order valence-electron chi connectivity index (χ2n) is 8.01. The van der Waals surface area contributed by atoms with E-state index >= 15 is 0 Å². The lowest BCUT2D eigenvalue weighted by molar-refractivity contribution is 0.0281. The summed E-state index contributed by atoms with van der Waals surface area (Å²) >= 11 is 0. The number of methoxy groups -OCH3 is 1. The highest BCUT2D eigenvalue weighted by Crippen LogP contribution is 2.41. The largest absolute Gasteiger partial charge is 0.493 e. The lowest BCUT2D eigenvalue weighted by atomic mass is 9.89. The van der Waals surface area contributed by atoms with E-state index in [-0.39, 0.29) is 12.0 Å². The molecule has 0 bridgehead atoms. The normalized spacial score (nSPS) is 16.0. The van der Waals surface area contributed by atoms with E-state index in [9.17, 15) is 4.79 Å². The second-order valence-corrected chi connectivity index (χ2v) is 8.01. The van der Waals surface area contributed by atoms with Gasteiger partial charge in [-0.05, 0) is 44.4 Å². The molecule has 0 N–H and O–H groups in total. The molecule has 6 heteroatoms. The van der Waals surface area contributed by atoms with Crippen molar-refractivity contribution in [1.29, 1.82) is 0 Å². The molecule has 0 spiro atoms. The Balaban J connectivity index is 1.85. The summed E-state index contributed by atoms with van der Waals surface area (Å²) in [5.41, 5.74) is 2.59. The molecule has 0 aliphatic carbocycles. The summed E-state index contributed by atoms with van der Waals surface area (Å²) < 4.78 is 16.8. The number of hydrogen-bond donors (Lipinski definition) is 0. The van der Waals surface area contributed by atoms with Crippen LogP contribution in [0, 0.1) is 0 Å². The number of para-hydroxylation sites is 1. The fourth-order valence-corrected chi connectivity index (χ4v) is 3.35. The third-order valence-corrected chi connectivity index (χ3v) is 4.65. The molecule has 0 fully saturated rings. The average molecular weight is 384 g/mol.